The summed E-state index contributed by atoms with van der Waals surface area (Å²) in [5.74, 6) is -0.440. The van der Waals surface area contributed by atoms with Crippen molar-refractivity contribution in [1.29, 1.82) is 0 Å². The number of hydrogen-bond donors (Lipinski definition) is 2. The van der Waals surface area contributed by atoms with Crippen LogP contribution in [0.2, 0.25) is 0 Å². The Hall–Kier alpha value is -1.10. The van der Waals surface area contributed by atoms with Gasteiger partial charge in [-0.1, -0.05) is 20.8 Å². The topological polar surface area (TPSA) is 75.4 Å². The van der Waals surface area contributed by atoms with E-state index >= 15 is 0 Å². The summed E-state index contributed by atoms with van der Waals surface area (Å²) in [6, 6.07) is 0.135. The highest BCUT2D eigenvalue weighted by atomic mass is 16.2. The number of rotatable bonds is 3. The molecular weight excluding hydrogens is 218 g/mol. The second kappa shape index (κ2) is 5.49. The molecule has 0 aliphatic carbocycles. The number of amides is 2. The van der Waals surface area contributed by atoms with Crippen LogP contribution in [-0.2, 0) is 9.59 Å². The van der Waals surface area contributed by atoms with Gasteiger partial charge in [0.15, 0.2) is 0 Å². The molecule has 17 heavy (non-hydrogen) atoms. The van der Waals surface area contributed by atoms with Crippen LogP contribution in [0.1, 0.15) is 33.6 Å². The summed E-state index contributed by atoms with van der Waals surface area (Å²) in [7, 11) is 0. The lowest BCUT2D eigenvalue weighted by molar-refractivity contribution is -0.145. The Balaban J connectivity index is 2.78. The van der Waals surface area contributed by atoms with Gasteiger partial charge in [0.2, 0.25) is 11.8 Å². The van der Waals surface area contributed by atoms with Crippen LogP contribution in [0.3, 0.4) is 0 Å². The Labute approximate surface area is 103 Å². The number of piperidine rings is 1. The molecule has 1 saturated heterocycles. The van der Waals surface area contributed by atoms with Crippen LogP contribution in [0.15, 0.2) is 0 Å². The van der Waals surface area contributed by atoms with E-state index in [1.165, 1.54) is 0 Å². The summed E-state index contributed by atoms with van der Waals surface area (Å²) in [5, 5.41) is 3.25. The van der Waals surface area contributed by atoms with Crippen molar-refractivity contribution in [2.75, 3.05) is 19.6 Å². The van der Waals surface area contributed by atoms with Crippen molar-refractivity contribution in [2.45, 2.75) is 39.7 Å². The van der Waals surface area contributed by atoms with Crippen LogP contribution >= 0.6 is 0 Å². The van der Waals surface area contributed by atoms with Gasteiger partial charge in [0, 0.05) is 11.5 Å². The molecular formula is C12H23N3O2. The molecule has 5 nitrogen and oxygen atoms in total. The maximum Gasteiger partial charge on any atom is 0.237 e. The smallest absolute Gasteiger partial charge is 0.237 e. The number of carbonyl (C=O) groups is 2. The van der Waals surface area contributed by atoms with Crippen molar-refractivity contribution in [3.63, 3.8) is 0 Å². The van der Waals surface area contributed by atoms with Gasteiger partial charge in [-0.25, -0.2) is 0 Å². The first-order valence-electron chi connectivity index (χ1n) is 6.12. The van der Waals surface area contributed by atoms with E-state index < -0.39 is 11.3 Å². The van der Waals surface area contributed by atoms with Crippen LogP contribution < -0.4 is 11.1 Å². The third kappa shape index (κ3) is 4.00. The molecule has 1 aliphatic rings. The lowest BCUT2D eigenvalue weighted by atomic mass is 9.92. The molecule has 0 spiro atoms. The lowest BCUT2D eigenvalue weighted by Gasteiger charge is -2.37. The molecule has 0 radical (unpaired) electrons. The van der Waals surface area contributed by atoms with Crippen LogP contribution in [0, 0.1) is 5.41 Å². The number of nitrogens with one attached hydrogen (secondary N) is 1. The maximum atomic E-state index is 12.3. The first-order valence-corrected chi connectivity index (χ1v) is 6.12. The minimum Gasteiger partial charge on any atom is -0.368 e. The number of nitrogens with zero attached hydrogens (tertiary/aromatic N) is 1. The summed E-state index contributed by atoms with van der Waals surface area (Å²) in [4.78, 5) is 25.0. The Morgan fingerprint density at radius 1 is 1.29 bits per heavy atom. The molecule has 0 saturated carbocycles. The molecule has 0 aromatic heterocycles. The number of nitrogens with two attached hydrogens (primary N) is 1. The fourth-order valence-electron chi connectivity index (χ4n) is 2.08. The van der Waals surface area contributed by atoms with Crippen LogP contribution in [0.25, 0.3) is 0 Å². The molecule has 0 bridgehead atoms. The summed E-state index contributed by atoms with van der Waals surface area (Å²) in [6.45, 7) is 7.40. The highest BCUT2D eigenvalue weighted by molar-refractivity contribution is 5.87. The van der Waals surface area contributed by atoms with E-state index in [4.69, 9.17) is 5.73 Å². The van der Waals surface area contributed by atoms with Gasteiger partial charge in [0.25, 0.3) is 0 Å². The molecule has 3 N–H and O–H groups in total. The van der Waals surface area contributed by atoms with E-state index in [0.717, 1.165) is 25.9 Å². The van der Waals surface area contributed by atoms with Crippen molar-refractivity contribution in [2.24, 2.45) is 11.1 Å². The second-order valence-corrected chi connectivity index (χ2v) is 5.63. The number of hydrogen-bond acceptors (Lipinski definition) is 3. The minimum atomic E-state index is -0.472. The minimum absolute atomic E-state index is 0.00296. The average Bonchev–Trinajstić information content (AvgIpc) is 2.24. The number of primary amides is 1. The largest absolute Gasteiger partial charge is 0.368 e. The van der Waals surface area contributed by atoms with E-state index in [1.54, 1.807) is 4.90 Å². The molecule has 2 amide bonds. The molecule has 0 aromatic rings. The Kier molecular flexibility index (Phi) is 4.51. The van der Waals surface area contributed by atoms with Crippen molar-refractivity contribution in [1.82, 2.24) is 10.2 Å². The Bertz CT molecular complexity index is 291. The fourth-order valence-corrected chi connectivity index (χ4v) is 2.08. The first-order chi connectivity index (χ1) is 7.82. The zero-order chi connectivity index (χ0) is 13.1. The number of carbonyl (C=O) groups excluding carboxylic acids is 2. The van der Waals surface area contributed by atoms with Gasteiger partial charge in [0.05, 0.1) is 6.54 Å². The van der Waals surface area contributed by atoms with Gasteiger partial charge in [-0.15, -0.1) is 0 Å². The van der Waals surface area contributed by atoms with E-state index in [9.17, 15) is 9.59 Å². The van der Waals surface area contributed by atoms with E-state index in [2.05, 4.69) is 5.32 Å². The van der Waals surface area contributed by atoms with Gasteiger partial charge in [-0.05, 0) is 25.9 Å². The summed E-state index contributed by atoms with van der Waals surface area (Å²) in [6.07, 6.45) is 1.77. The lowest BCUT2D eigenvalue weighted by Crippen LogP contribution is -2.52. The van der Waals surface area contributed by atoms with Gasteiger partial charge in [-0.3, -0.25) is 9.59 Å². The highest BCUT2D eigenvalue weighted by Crippen LogP contribution is 2.22. The van der Waals surface area contributed by atoms with E-state index in [1.807, 2.05) is 20.8 Å². The molecule has 0 unspecified atom stereocenters. The zero-order valence-electron chi connectivity index (χ0n) is 11.0. The van der Waals surface area contributed by atoms with E-state index in [0.29, 0.717) is 0 Å². The summed E-state index contributed by atoms with van der Waals surface area (Å²) >= 11 is 0. The summed E-state index contributed by atoms with van der Waals surface area (Å²) in [5.41, 5.74) is 4.76. The maximum absolute atomic E-state index is 12.3. The van der Waals surface area contributed by atoms with Crippen molar-refractivity contribution in [3.8, 4) is 0 Å². The quantitative estimate of drug-likeness (QED) is 0.735. The van der Waals surface area contributed by atoms with Crippen molar-refractivity contribution < 1.29 is 9.59 Å². The molecule has 1 rings (SSSR count). The van der Waals surface area contributed by atoms with Crippen molar-refractivity contribution in [3.05, 3.63) is 0 Å². The summed E-state index contributed by atoms with van der Waals surface area (Å²) < 4.78 is 0. The molecule has 5 heteroatoms. The first kappa shape index (κ1) is 14.0. The van der Waals surface area contributed by atoms with Gasteiger partial charge >= 0.3 is 0 Å². The fraction of sp³-hybridized carbons (Fsp3) is 0.833. The predicted octanol–water partition coefficient (Wildman–Crippen LogP) is 0.0984. The molecule has 0 aromatic carbocycles. The van der Waals surface area contributed by atoms with Crippen LogP contribution in [0.4, 0.5) is 0 Å². The van der Waals surface area contributed by atoms with Gasteiger partial charge in [0.1, 0.15) is 0 Å². The Morgan fingerprint density at radius 3 is 2.24 bits per heavy atom. The second-order valence-electron chi connectivity index (χ2n) is 5.63. The van der Waals surface area contributed by atoms with Crippen LogP contribution in [-0.4, -0.2) is 42.4 Å². The highest BCUT2D eigenvalue weighted by Gasteiger charge is 2.33. The zero-order valence-corrected chi connectivity index (χ0v) is 11.0. The van der Waals surface area contributed by atoms with Crippen LogP contribution in [0.5, 0.6) is 0 Å². The molecule has 1 fully saturated rings. The third-order valence-corrected chi connectivity index (χ3v) is 2.98. The predicted molar refractivity (Wildman–Crippen MR) is 66.3 cm³/mol. The van der Waals surface area contributed by atoms with Crippen molar-refractivity contribution >= 4 is 11.8 Å². The molecule has 0 atom stereocenters. The molecule has 1 heterocycles. The average molecular weight is 241 g/mol. The van der Waals surface area contributed by atoms with Gasteiger partial charge < -0.3 is 16.0 Å². The standard InChI is InChI=1S/C12H23N3O2/c1-12(2,3)11(17)15(8-10(13)16)9-4-6-14-7-5-9/h9,14H,4-8H2,1-3H3,(H2,13,16). The molecule has 1 aliphatic heterocycles. The monoisotopic (exact) mass is 241 g/mol. The SMILES string of the molecule is CC(C)(C)C(=O)N(CC(N)=O)C1CCNCC1. The molecule has 98 valence electrons. The Morgan fingerprint density at radius 2 is 1.82 bits per heavy atom. The van der Waals surface area contributed by atoms with Gasteiger partial charge in [-0.2, -0.15) is 0 Å². The van der Waals surface area contributed by atoms with E-state index in [-0.39, 0.29) is 18.5 Å². The normalized spacial score (nSPS) is 17.8. The third-order valence-electron chi connectivity index (χ3n) is 2.98.